The van der Waals surface area contributed by atoms with Crippen molar-refractivity contribution in [1.29, 1.82) is 5.26 Å². The third-order valence-electron chi connectivity index (χ3n) is 2.91. The molecule has 0 fully saturated rings. The first-order valence-corrected chi connectivity index (χ1v) is 7.62. The van der Waals surface area contributed by atoms with E-state index >= 15 is 0 Å². The Kier molecular flexibility index (Phi) is 7.87. The number of ether oxygens (including phenoxy) is 1. The molecule has 2 rings (SSSR count). The van der Waals surface area contributed by atoms with Crippen molar-refractivity contribution in [1.82, 2.24) is 4.98 Å². The standard InChI is InChI=1S/C16H16N2O3S.K.H/c1-9(2)8-21-13-5-4-11(6-12(13)7-17)15-18-10(3)14(22-15)16(19)20;;/h4-6,9H,8H2,1-3H3,(H,19,20);;. The summed E-state index contributed by atoms with van der Waals surface area (Å²) < 4.78 is 5.61. The molecule has 0 saturated carbocycles. The summed E-state index contributed by atoms with van der Waals surface area (Å²) in [7, 11) is 0. The van der Waals surface area contributed by atoms with Gasteiger partial charge >= 0.3 is 57.4 Å². The van der Waals surface area contributed by atoms with Gasteiger partial charge in [0.15, 0.2) is 0 Å². The molecular weight excluding hydrogens is 339 g/mol. The molecule has 0 unspecified atom stereocenters. The van der Waals surface area contributed by atoms with Crippen LogP contribution in [0.2, 0.25) is 0 Å². The summed E-state index contributed by atoms with van der Waals surface area (Å²) in [5.41, 5.74) is 1.61. The van der Waals surface area contributed by atoms with Gasteiger partial charge in [-0.25, -0.2) is 9.78 Å². The van der Waals surface area contributed by atoms with E-state index in [0.29, 0.717) is 40.1 Å². The fourth-order valence-electron chi connectivity index (χ4n) is 1.85. The van der Waals surface area contributed by atoms with Crippen molar-refractivity contribution in [2.75, 3.05) is 6.61 Å². The Hall–Kier alpha value is -0.754. The number of carboxylic acids is 1. The molecule has 0 amide bonds. The molecule has 1 N–H and O–H groups in total. The van der Waals surface area contributed by atoms with Crippen LogP contribution < -0.4 is 4.74 Å². The van der Waals surface area contributed by atoms with Gasteiger partial charge in [-0.2, -0.15) is 5.26 Å². The van der Waals surface area contributed by atoms with Crippen LogP contribution in [0, 0.1) is 24.2 Å². The SMILES string of the molecule is Cc1nc(-c2ccc(OCC(C)C)c(C#N)c2)sc1C(=O)O.[KH]. The van der Waals surface area contributed by atoms with Gasteiger partial charge in [0.25, 0.3) is 0 Å². The Bertz CT molecular complexity index is 750. The maximum atomic E-state index is 11.1. The van der Waals surface area contributed by atoms with E-state index < -0.39 is 5.97 Å². The molecule has 0 atom stereocenters. The van der Waals surface area contributed by atoms with Gasteiger partial charge in [0, 0.05) is 5.56 Å². The predicted octanol–water partition coefficient (Wildman–Crippen LogP) is 3.07. The van der Waals surface area contributed by atoms with Crippen molar-refractivity contribution < 1.29 is 14.6 Å². The molecule has 5 nitrogen and oxygen atoms in total. The van der Waals surface area contributed by atoms with E-state index in [-0.39, 0.29) is 56.3 Å². The van der Waals surface area contributed by atoms with Crippen molar-refractivity contribution in [3.63, 3.8) is 0 Å². The van der Waals surface area contributed by atoms with Crippen molar-refractivity contribution in [3.05, 3.63) is 34.3 Å². The van der Waals surface area contributed by atoms with E-state index in [1.165, 1.54) is 0 Å². The van der Waals surface area contributed by atoms with Crippen LogP contribution in [0.3, 0.4) is 0 Å². The number of nitrogens with zero attached hydrogens (tertiary/aromatic N) is 2. The summed E-state index contributed by atoms with van der Waals surface area (Å²) >= 11 is 1.10. The number of hydrogen-bond donors (Lipinski definition) is 1. The number of nitriles is 1. The summed E-state index contributed by atoms with van der Waals surface area (Å²) in [4.78, 5) is 15.6. The quantitative estimate of drug-likeness (QED) is 0.833. The molecule has 116 valence electrons. The number of rotatable bonds is 5. The number of aromatic carboxylic acids is 1. The number of aryl methyl sites for hydroxylation is 1. The van der Waals surface area contributed by atoms with E-state index in [1.54, 1.807) is 25.1 Å². The van der Waals surface area contributed by atoms with Gasteiger partial charge in [-0.1, -0.05) is 13.8 Å². The Labute approximate surface area is 181 Å². The molecule has 0 aliphatic rings. The zero-order valence-electron chi connectivity index (χ0n) is 12.6. The molecule has 0 radical (unpaired) electrons. The van der Waals surface area contributed by atoms with E-state index in [9.17, 15) is 10.1 Å². The number of benzene rings is 1. The zero-order valence-corrected chi connectivity index (χ0v) is 13.4. The number of hydrogen-bond acceptors (Lipinski definition) is 5. The van der Waals surface area contributed by atoms with Crippen molar-refractivity contribution in [3.8, 4) is 22.4 Å². The Morgan fingerprint density at radius 2 is 2.17 bits per heavy atom. The number of aromatic nitrogens is 1. The molecule has 7 heteroatoms. The first kappa shape index (κ1) is 20.3. The van der Waals surface area contributed by atoms with Gasteiger partial charge in [-0.3, -0.25) is 0 Å². The summed E-state index contributed by atoms with van der Waals surface area (Å²) in [6.45, 7) is 6.26. The molecule has 1 aromatic carbocycles. The molecular formula is C16H17KN2O3S. The van der Waals surface area contributed by atoms with Crippen LogP contribution in [0.4, 0.5) is 0 Å². The topological polar surface area (TPSA) is 83.2 Å². The van der Waals surface area contributed by atoms with Crippen LogP contribution >= 0.6 is 11.3 Å². The number of carboxylic acid groups (broad SMARTS) is 1. The van der Waals surface area contributed by atoms with Crippen LogP contribution in [-0.2, 0) is 0 Å². The molecule has 0 aliphatic heterocycles. The van der Waals surface area contributed by atoms with E-state index in [1.807, 2.05) is 13.8 Å². The van der Waals surface area contributed by atoms with Crippen LogP contribution in [0.15, 0.2) is 18.2 Å². The molecule has 0 spiro atoms. The van der Waals surface area contributed by atoms with Gasteiger partial charge in [-0.15, -0.1) is 11.3 Å². The monoisotopic (exact) mass is 356 g/mol. The number of thiazole rings is 1. The Balaban J connectivity index is 0.00000264. The Morgan fingerprint density at radius 1 is 1.48 bits per heavy atom. The molecule has 0 aliphatic carbocycles. The van der Waals surface area contributed by atoms with Gasteiger partial charge < -0.3 is 9.84 Å². The molecule has 1 aromatic heterocycles. The van der Waals surface area contributed by atoms with Gasteiger partial charge in [0.1, 0.15) is 21.7 Å². The molecule has 1 heterocycles. The van der Waals surface area contributed by atoms with Crippen molar-refractivity contribution in [2.45, 2.75) is 20.8 Å². The van der Waals surface area contributed by atoms with Crippen LogP contribution in [0.5, 0.6) is 5.75 Å². The van der Waals surface area contributed by atoms with Crippen LogP contribution in [0.25, 0.3) is 10.6 Å². The van der Waals surface area contributed by atoms with Crippen molar-refractivity contribution in [2.24, 2.45) is 5.92 Å². The zero-order chi connectivity index (χ0) is 16.3. The second kappa shape index (κ2) is 8.92. The predicted molar refractivity (Wildman–Crippen MR) is 91.4 cm³/mol. The third kappa shape index (κ3) is 5.11. The maximum absolute atomic E-state index is 11.1. The molecule has 2 aromatic rings. The van der Waals surface area contributed by atoms with Gasteiger partial charge in [0.2, 0.25) is 0 Å². The minimum absolute atomic E-state index is 0. The first-order chi connectivity index (χ1) is 10.4. The van der Waals surface area contributed by atoms with Gasteiger partial charge in [0.05, 0.1) is 17.9 Å². The number of carbonyl (C=O) groups is 1. The van der Waals surface area contributed by atoms with E-state index in [2.05, 4.69) is 11.1 Å². The fraction of sp³-hybridized carbons (Fsp3) is 0.312. The Morgan fingerprint density at radius 3 is 2.70 bits per heavy atom. The summed E-state index contributed by atoms with van der Waals surface area (Å²) in [5, 5.41) is 18.9. The second-order valence-corrected chi connectivity index (χ2v) is 6.27. The van der Waals surface area contributed by atoms with E-state index in [4.69, 9.17) is 9.84 Å². The van der Waals surface area contributed by atoms with E-state index in [0.717, 1.165) is 11.3 Å². The van der Waals surface area contributed by atoms with Crippen molar-refractivity contribution >= 4 is 68.7 Å². The summed E-state index contributed by atoms with van der Waals surface area (Å²) in [5.74, 6) is -0.0868. The average Bonchev–Trinajstić information content (AvgIpc) is 2.87. The average molecular weight is 356 g/mol. The molecule has 0 saturated heterocycles. The summed E-state index contributed by atoms with van der Waals surface area (Å²) in [6.07, 6.45) is 0. The second-order valence-electron chi connectivity index (χ2n) is 5.27. The van der Waals surface area contributed by atoms with Gasteiger partial charge in [-0.05, 0) is 31.0 Å². The van der Waals surface area contributed by atoms with Crippen LogP contribution in [-0.4, -0.2) is 74.1 Å². The fourth-order valence-corrected chi connectivity index (χ4v) is 2.75. The molecule has 23 heavy (non-hydrogen) atoms. The normalized spacial score (nSPS) is 10.0. The third-order valence-corrected chi connectivity index (χ3v) is 4.10. The molecule has 0 bridgehead atoms. The minimum atomic E-state index is -0.987. The first-order valence-electron chi connectivity index (χ1n) is 6.80. The van der Waals surface area contributed by atoms with Crippen LogP contribution in [0.1, 0.15) is 34.8 Å². The summed E-state index contributed by atoms with van der Waals surface area (Å²) in [6, 6.07) is 7.31.